The molecule has 2 aliphatic rings. The Morgan fingerprint density at radius 3 is 2.22 bits per heavy atom. The molecule has 2 fully saturated rings. The van der Waals surface area contributed by atoms with E-state index in [0.29, 0.717) is 10.0 Å². The molecular formula is C16H17Cl2NO4. The number of halogens is 2. The van der Waals surface area contributed by atoms with Gasteiger partial charge in [0.05, 0.1) is 0 Å². The number of carbonyl (C=O) groups is 2. The lowest BCUT2D eigenvalue weighted by atomic mass is 9.91. The molecule has 1 aliphatic heterocycles. The van der Waals surface area contributed by atoms with Crippen molar-refractivity contribution in [2.45, 2.75) is 30.8 Å². The average molecular weight is 358 g/mol. The van der Waals surface area contributed by atoms with E-state index in [-0.39, 0.29) is 43.7 Å². The Kier molecular flexibility index (Phi) is 4.29. The van der Waals surface area contributed by atoms with Crippen LogP contribution in [0.1, 0.15) is 30.7 Å². The van der Waals surface area contributed by atoms with Crippen molar-refractivity contribution in [2.75, 3.05) is 13.1 Å². The first-order valence-electron chi connectivity index (χ1n) is 7.51. The van der Waals surface area contributed by atoms with E-state index in [1.165, 1.54) is 0 Å². The number of aliphatic carboxylic acids is 1. The molecule has 7 heteroatoms. The van der Waals surface area contributed by atoms with Crippen LogP contribution >= 0.6 is 23.2 Å². The second-order valence-corrected chi connectivity index (χ2v) is 7.19. The van der Waals surface area contributed by atoms with Gasteiger partial charge in [0.25, 0.3) is 0 Å². The Morgan fingerprint density at radius 1 is 1.13 bits per heavy atom. The summed E-state index contributed by atoms with van der Waals surface area (Å²) in [6.45, 7) is 0.530. The van der Waals surface area contributed by atoms with Gasteiger partial charge < -0.3 is 15.1 Å². The summed E-state index contributed by atoms with van der Waals surface area (Å²) in [4.78, 5) is 25.2. The molecule has 0 aromatic heterocycles. The van der Waals surface area contributed by atoms with Crippen molar-refractivity contribution in [2.24, 2.45) is 5.92 Å². The van der Waals surface area contributed by atoms with Crippen LogP contribution in [0.5, 0.6) is 0 Å². The molecule has 1 heterocycles. The summed E-state index contributed by atoms with van der Waals surface area (Å²) in [5, 5.41) is 20.0. The van der Waals surface area contributed by atoms with Crippen molar-refractivity contribution in [1.29, 1.82) is 0 Å². The molecule has 1 saturated carbocycles. The highest BCUT2D eigenvalue weighted by Crippen LogP contribution is 2.49. The number of carboxylic acids is 1. The first-order valence-corrected chi connectivity index (χ1v) is 8.26. The Labute approximate surface area is 143 Å². The zero-order valence-electron chi connectivity index (χ0n) is 12.3. The van der Waals surface area contributed by atoms with E-state index in [1.807, 2.05) is 12.1 Å². The van der Waals surface area contributed by atoms with Gasteiger partial charge in [-0.25, -0.2) is 4.79 Å². The van der Waals surface area contributed by atoms with Crippen LogP contribution in [0, 0.1) is 5.92 Å². The van der Waals surface area contributed by atoms with Gasteiger partial charge in [-0.05, 0) is 36.1 Å². The molecule has 3 rings (SSSR count). The molecule has 124 valence electrons. The maximum atomic E-state index is 12.5. The number of carbonyl (C=O) groups excluding carboxylic acids is 1. The number of nitrogens with zero attached hydrogens (tertiary/aromatic N) is 1. The highest BCUT2D eigenvalue weighted by Gasteiger charge is 2.48. The fraction of sp³-hybridized carbons (Fsp3) is 0.500. The van der Waals surface area contributed by atoms with E-state index >= 15 is 0 Å². The molecule has 2 atom stereocenters. The van der Waals surface area contributed by atoms with Crippen LogP contribution in [-0.2, 0) is 9.59 Å². The van der Waals surface area contributed by atoms with Crippen LogP contribution in [0.15, 0.2) is 18.2 Å². The van der Waals surface area contributed by atoms with Crippen LogP contribution in [-0.4, -0.2) is 45.7 Å². The third kappa shape index (κ3) is 3.32. The number of hydrogen-bond acceptors (Lipinski definition) is 3. The molecule has 0 spiro atoms. The summed E-state index contributed by atoms with van der Waals surface area (Å²) in [5.41, 5.74) is -0.750. The number of aliphatic hydroxyl groups is 1. The maximum absolute atomic E-state index is 12.5. The Bertz CT molecular complexity index is 635. The zero-order chi connectivity index (χ0) is 16.8. The highest BCUT2D eigenvalue weighted by atomic mass is 35.5. The van der Waals surface area contributed by atoms with E-state index in [9.17, 15) is 14.7 Å². The van der Waals surface area contributed by atoms with E-state index in [2.05, 4.69) is 0 Å². The molecule has 0 bridgehead atoms. The van der Waals surface area contributed by atoms with Crippen molar-refractivity contribution >= 4 is 35.1 Å². The fourth-order valence-corrected chi connectivity index (χ4v) is 3.71. The van der Waals surface area contributed by atoms with Gasteiger partial charge in [-0.2, -0.15) is 0 Å². The summed E-state index contributed by atoms with van der Waals surface area (Å²) < 4.78 is 0. The molecule has 0 radical (unpaired) electrons. The lowest BCUT2D eigenvalue weighted by molar-refractivity contribution is -0.165. The number of amides is 1. The molecule has 1 aromatic carbocycles. The first kappa shape index (κ1) is 16.6. The Hall–Kier alpha value is -1.30. The van der Waals surface area contributed by atoms with Crippen LogP contribution in [0.3, 0.4) is 0 Å². The molecule has 2 unspecified atom stereocenters. The number of carboxylic acid groups (broad SMARTS) is 1. The number of benzene rings is 1. The van der Waals surface area contributed by atoms with E-state index in [1.54, 1.807) is 11.0 Å². The number of hydrogen-bond donors (Lipinski definition) is 2. The highest BCUT2D eigenvalue weighted by molar-refractivity contribution is 6.34. The van der Waals surface area contributed by atoms with Crippen molar-refractivity contribution in [3.8, 4) is 0 Å². The van der Waals surface area contributed by atoms with E-state index < -0.39 is 11.6 Å². The summed E-state index contributed by atoms with van der Waals surface area (Å²) in [6.07, 6.45) is 0.873. The fourth-order valence-electron chi connectivity index (χ4n) is 3.17. The SMILES string of the molecule is O=C(C1CC1c1cc(Cl)cc(Cl)c1)N1CCC(O)(C(=O)O)CC1. The van der Waals surface area contributed by atoms with Crippen molar-refractivity contribution in [3.63, 3.8) is 0 Å². The smallest absolute Gasteiger partial charge is 0.335 e. The van der Waals surface area contributed by atoms with Crippen LogP contribution in [0.2, 0.25) is 10.0 Å². The summed E-state index contributed by atoms with van der Waals surface area (Å²) in [7, 11) is 0. The molecule has 1 saturated heterocycles. The predicted molar refractivity (Wildman–Crippen MR) is 85.7 cm³/mol. The standard InChI is InChI=1S/C16H17Cl2NO4/c17-10-5-9(6-11(18)7-10)12-8-13(12)14(20)19-3-1-16(23,2-4-19)15(21)22/h5-7,12-13,23H,1-4,8H2,(H,21,22). The maximum Gasteiger partial charge on any atom is 0.335 e. The minimum Gasteiger partial charge on any atom is -0.479 e. The molecule has 1 aliphatic carbocycles. The minimum absolute atomic E-state index is 0.0125. The average Bonchev–Trinajstić information content (AvgIpc) is 3.26. The molecule has 23 heavy (non-hydrogen) atoms. The van der Waals surface area contributed by atoms with Gasteiger partial charge in [-0.3, -0.25) is 4.79 Å². The number of likely N-dealkylation sites (tertiary alicyclic amines) is 1. The van der Waals surface area contributed by atoms with Gasteiger partial charge in [0.1, 0.15) is 0 Å². The lowest BCUT2D eigenvalue weighted by Gasteiger charge is -2.35. The molecular weight excluding hydrogens is 341 g/mol. The van der Waals surface area contributed by atoms with Crippen LogP contribution < -0.4 is 0 Å². The van der Waals surface area contributed by atoms with Gasteiger partial charge in [-0.15, -0.1) is 0 Å². The third-order valence-corrected chi connectivity index (χ3v) is 5.16. The van der Waals surface area contributed by atoms with Crippen molar-refractivity contribution in [1.82, 2.24) is 4.90 Å². The second-order valence-electron chi connectivity index (χ2n) is 6.31. The van der Waals surface area contributed by atoms with Crippen molar-refractivity contribution < 1.29 is 19.8 Å². The van der Waals surface area contributed by atoms with Crippen LogP contribution in [0.25, 0.3) is 0 Å². The van der Waals surface area contributed by atoms with E-state index in [4.69, 9.17) is 28.3 Å². The van der Waals surface area contributed by atoms with Crippen molar-refractivity contribution in [3.05, 3.63) is 33.8 Å². The monoisotopic (exact) mass is 357 g/mol. The van der Waals surface area contributed by atoms with Crippen LogP contribution in [0.4, 0.5) is 0 Å². The van der Waals surface area contributed by atoms with Gasteiger partial charge in [0.15, 0.2) is 5.60 Å². The topological polar surface area (TPSA) is 77.8 Å². The van der Waals surface area contributed by atoms with Gasteiger partial charge in [0.2, 0.25) is 5.91 Å². The Balaban J connectivity index is 1.62. The summed E-state index contributed by atoms with van der Waals surface area (Å²) >= 11 is 12.0. The largest absolute Gasteiger partial charge is 0.479 e. The molecule has 1 aromatic rings. The number of piperidine rings is 1. The normalized spacial score (nSPS) is 26.0. The Morgan fingerprint density at radius 2 is 1.70 bits per heavy atom. The third-order valence-electron chi connectivity index (χ3n) is 4.72. The van der Waals surface area contributed by atoms with Gasteiger partial charge in [-0.1, -0.05) is 23.2 Å². The molecule has 2 N–H and O–H groups in total. The second kappa shape index (κ2) is 5.96. The summed E-state index contributed by atoms with van der Waals surface area (Å²) in [5.74, 6) is -1.21. The molecule has 1 amide bonds. The first-order chi connectivity index (χ1) is 10.8. The predicted octanol–water partition coefficient (Wildman–Crippen LogP) is 2.54. The lowest BCUT2D eigenvalue weighted by Crippen LogP contribution is -2.51. The minimum atomic E-state index is -1.71. The molecule has 5 nitrogen and oxygen atoms in total. The van der Waals surface area contributed by atoms with E-state index in [0.717, 1.165) is 12.0 Å². The quantitative estimate of drug-likeness (QED) is 0.871. The summed E-state index contributed by atoms with van der Waals surface area (Å²) in [6, 6.07) is 5.30. The number of rotatable bonds is 3. The zero-order valence-corrected chi connectivity index (χ0v) is 13.8. The van der Waals surface area contributed by atoms with Gasteiger partial charge in [0, 0.05) is 41.9 Å². The van der Waals surface area contributed by atoms with Gasteiger partial charge >= 0.3 is 5.97 Å².